The summed E-state index contributed by atoms with van der Waals surface area (Å²) < 4.78 is 5.32. The predicted molar refractivity (Wildman–Crippen MR) is 73.0 cm³/mol. The highest BCUT2D eigenvalue weighted by atomic mass is 16.5. The van der Waals surface area contributed by atoms with Crippen molar-refractivity contribution < 1.29 is 9.53 Å². The van der Waals surface area contributed by atoms with Crippen LogP contribution in [0.2, 0.25) is 0 Å². The molecule has 1 unspecified atom stereocenters. The minimum absolute atomic E-state index is 0.281. The number of ether oxygens (including phenoxy) is 1. The standard InChI is InChI=1S/C12H18N6O2/c13-11(19)8-6-20-4-3-18(8)10-5-9(17-14)15-12(16-10)7-1-2-7/h5,7-8H,1-4,6,14H2,(H2,13,19)(H,15,16,17). The number of rotatable bonds is 4. The van der Waals surface area contributed by atoms with Crippen LogP contribution in [0.15, 0.2) is 6.07 Å². The molecule has 1 saturated carbocycles. The molecule has 0 bridgehead atoms. The van der Waals surface area contributed by atoms with Gasteiger partial charge in [0.15, 0.2) is 0 Å². The van der Waals surface area contributed by atoms with Crippen LogP contribution in [-0.4, -0.2) is 41.7 Å². The number of nitrogens with one attached hydrogen (secondary N) is 1. The Balaban J connectivity index is 1.94. The van der Waals surface area contributed by atoms with Gasteiger partial charge in [0.1, 0.15) is 23.5 Å². The summed E-state index contributed by atoms with van der Waals surface area (Å²) in [5, 5.41) is 0. The third kappa shape index (κ3) is 2.52. The average Bonchev–Trinajstić information content (AvgIpc) is 3.31. The van der Waals surface area contributed by atoms with Gasteiger partial charge < -0.3 is 20.8 Å². The van der Waals surface area contributed by atoms with E-state index in [0.717, 1.165) is 18.7 Å². The maximum Gasteiger partial charge on any atom is 0.242 e. The molecule has 20 heavy (non-hydrogen) atoms. The van der Waals surface area contributed by atoms with E-state index >= 15 is 0 Å². The molecule has 8 nitrogen and oxygen atoms in total. The number of hydrogen-bond acceptors (Lipinski definition) is 7. The second-order valence-corrected chi connectivity index (χ2v) is 5.07. The van der Waals surface area contributed by atoms with Crippen LogP contribution in [0.5, 0.6) is 0 Å². The number of morpholine rings is 1. The summed E-state index contributed by atoms with van der Waals surface area (Å²) in [6.45, 7) is 1.39. The lowest BCUT2D eigenvalue weighted by Gasteiger charge is -2.34. The summed E-state index contributed by atoms with van der Waals surface area (Å²) in [4.78, 5) is 22.3. The summed E-state index contributed by atoms with van der Waals surface area (Å²) in [5.74, 6) is 7.42. The molecule has 8 heteroatoms. The zero-order chi connectivity index (χ0) is 14.1. The Labute approximate surface area is 116 Å². The highest BCUT2D eigenvalue weighted by Crippen LogP contribution is 2.39. The molecule has 1 aromatic heterocycles. The van der Waals surface area contributed by atoms with Crippen LogP contribution < -0.4 is 21.9 Å². The summed E-state index contributed by atoms with van der Waals surface area (Å²) in [5.41, 5.74) is 7.98. The maximum atomic E-state index is 11.5. The molecule has 1 aliphatic heterocycles. The first kappa shape index (κ1) is 13.1. The van der Waals surface area contributed by atoms with Crippen LogP contribution >= 0.6 is 0 Å². The monoisotopic (exact) mass is 278 g/mol. The van der Waals surface area contributed by atoms with Gasteiger partial charge in [-0.1, -0.05) is 0 Å². The van der Waals surface area contributed by atoms with E-state index in [9.17, 15) is 4.79 Å². The zero-order valence-corrected chi connectivity index (χ0v) is 11.1. The van der Waals surface area contributed by atoms with Crippen molar-refractivity contribution in [3.8, 4) is 0 Å². The molecule has 5 N–H and O–H groups in total. The summed E-state index contributed by atoms with van der Waals surface area (Å²) in [7, 11) is 0. The Morgan fingerprint density at radius 1 is 1.45 bits per heavy atom. The van der Waals surface area contributed by atoms with Crippen molar-refractivity contribution in [2.45, 2.75) is 24.8 Å². The Morgan fingerprint density at radius 3 is 2.90 bits per heavy atom. The Bertz CT molecular complexity index is 519. The maximum absolute atomic E-state index is 11.5. The van der Waals surface area contributed by atoms with E-state index in [2.05, 4.69) is 15.4 Å². The topological polar surface area (TPSA) is 119 Å². The van der Waals surface area contributed by atoms with Crippen molar-refractivity contribution >= 4 is 17.5 Å². The molecule has 1 atom stereocenters. The van der Waals surface area contributed by atoms with Gasteiger partial charge in [-0.3, -0.25) is 4.79 Å². The van der Waals surface area contributed by atoms with Gasteiger partial charge in [0.05, 0.1) is 13.2 Å². The average molecular weight is 278 g/mol. The number of hydrazine groups is 1. The highest BCUT2D eigenvalue weighted by Gasteiger charge is 2.32. The van der Waals surface area contributed by atoms with E-state index < -0.39 is 11.9 Å². The molecule has 0 spiro atoms. The molecule has 2 fully saturated rings. The number of primary amides is 1. The van der Waals surface area contributed by atoms with Gasteiger partial charge in [0.2, 0.25) is 5.91 Å². The first-order valence-corrected chi connectivity index (χ1v) is 6.68. The van der Waals surface area contributed by atoms with Gasteiger partial charge in [0, 0.05) is 18.5 Å². The molecule has 0 aromatic carbocycles. The van der Waals surface area contributed by atoms with Crippen molar-refractivity contribution in [1.82, 2.24) is 9.97 Å². The summed E-state index contributed by atoms with van der Waals surface area (Å²) >= 11 is 0. The second-order valence-electron chi connectivity index (χ2n) is 5.07. The van der Waals surface area contributed by atoms with Gasteiger partial charge in [0.25, 0.3) is 0 Å². The lowest BCUT2D eigenvalue weighted by molar-refractivity contribution is -0.121. The molecular weight excluding hydrogens is 260 g/mol. The minimum Gasteiger partial charge on any atom is -0.377 e. The molecule has 0 radical (unpaired) electrons. The molecule has 2 heterocycles. The first-order valence-electron chi connectivity index (χ1n) is 6.68. The normalized spacial score (nSPS) is 22.6. The highest BCUT2D eigenvalue weighted by molar-refractivity contribution is 5.83. The Morgan fingerprint density at radius 2 is 2.25 bits per heavy atom. The van der Waals surface area contributed by atoms with Crippen LogP contribution in [0.25, 0.3) is 0 Å². The molecule has 1 saturated heterocycles. The van der Waals surface area contributed by atoms with Crippen molar-refractivity contribution in [3.63, 3.8) is 0 Å². The molecule has 1 amide bonds. The minimum atomic E-state index is -0.503. The number of nitrogens with two attached hydrogens (primary N) is 2. The number of carbonyl (C=O) groups excluding carboxylic acids is 1. The van der Waals surface area contributed by atoms with Gasteiger partial charge >= 0.3 is 0 Å². The number of aromatic nitrogens is 2. The smallest absolute Gasteiger partial charge is 0.242 e. The van der Waals surface area contributed by atoms with E-state index in [4.69, 9.17) is 16.3 Å². The van der Waals surface area contributed by atoms with Crippen LogP contribution in [0.3, 0.4) is 0 Å². The van der Waals surface area contributed by atoms with Crippen molar-refractivity contribution in [2.24, 2.45) is 11.6 Å². The number of hydrogen-bond donors (Lipinski definition) is 3. The molecular formula is C12H18N6O2. The largest absolute Gasteiger partial charge is 0.377 e. The van der Waals surface area contributed by atoms with Crippen molar-refractivity contribution in [3.05, 3.63) is 11.9 Å². The molecule has 2 aliphatic rings. The van der Waals surface area contributed by atoms with Gasteiger partial charge in [-0.2, -0.15) is 0 Å². The fraction of sp³-hybridized carbons (Fsp3) is 0.583. The number of nitrogen functional groups attached to an aromatic ring is 1. The molecule has 108 valence electrons. The Kier molecular flexibility index (Phi) is 3.41. The predicted octanol–water partition coefficient (Wildman–Crippen LogP) is -0.670. The summed E-state index contributed by atoms with van der Waals surface area (Å²) in [6.07, 6.45) is 2.19. The fourth-order valence-electron chi connectivity index (χ4n) is 2.31. The number of nitrogens with zero attached hydrogens (tertiary/aromatic N) is 3. The SMILES string of the molecule is NNc1cc(N2CCOCC2C(N)=O)nc(C2CC2)n1. The third-order valence-electron chi connectivity index (χ3n) is 3.57. The van der Waals surface area contributed by atoms with Gasteiger partial charge in [-0.05, 0) is 12.8 Å². The molecule has 1 aromatic rings. The van der Waals surface area contributed by atoms with Gasteiger partial charge in [-0.15, -0.1) is 0 Å². The number of amides is 1. The van der Waals surface area contributed by atoms with Crippen LogP contribution in [0.4, 0.5) is 11.6 Å². The van der Waals surface area contributed by atoms with Gasteiger partial charge in [-0.25, -0.2) is 15.8 Å². The lowest BCUT2D eigenvalue weighted by atomic mass is 10.2. The molecule has 1 aliphatic carbocycles. The number of carbonyl (C=O) groups is 1. The van der Waals surface area contributed by atoms with Crippen LogP contribution in [0, 0.1) is 0 Å². The lowest BCUT2D eigenvalue weighted by Crippen LogP contribution is -2.53. The van der Waals surface area contributed by atoms with E-state index in [0.29, 0.717) is 30.7 Å². The third-order valence-corrected chi connectivity index (χ3v) is 3.57. The van der Waals surface area contributed by atoms with E-state index in [1.54, 1.807) is 6.07 Å². The zero-order valence-electron chi connectivity index (χ0n) is 11.1. The Hall–Kier alpha value is -1.93. The van der Waals surface area contributed by atoms with E-state index in [1.807, 2.05) is 4.90 Å². The first-order chi connectivity index (χ1) is 9.69. The van der Waals surface area contributed by atoms with E-state index in [-0.39, 0.29) is 6.61 Å². The van der Waals surface area contributed by atoms with Crippen LogP contribution in [0.1, 0.15) is 24.6 Å². The number of anilines is 2. The van der Waals surface area contributed by atoms with Crippen molar-refractivity contribution in [1.29, 1.82) is 0 Å². The molecule has 3 rings (SSSR count). The second kappa shape index (κ2) is 5.22. The quantitative estimate of drug-likeness (QED) is 0.493. The van der Waals surface area contributed by atoms with Crippen molar-refractivity contribution in [2.75, 3.05) is 30.1 Å². The van der Waals surface area contributed by atoms with Crippen LogP contribution in [-0.2, 0) is 9.53 Å². The van der Waals surface area contributed by atoms with E-state index in [1.165, 1.54) is 0 Å². The summed E-state index contributed by atoms with van der Waals surface area (Å²) in [6, 6.07) is 1.23. The fourth-order valence-corrected chi connectivity index (χ4v) is 2.31.